The topological polar surface area (TPSA) is 75.7 Å². The molecule has 2 amide bonds. The Hall–Kier alpha value is -2.67. The van der Waals surface area contributed by atoms with Crippen molar-refractivity contribution in [3.8, 4) is 0 Å². The van der Waals surface area contributed by atoms with E-state index in [0.29, 0.717) is 15.4 Å². The number of carbonyl (C=O) groups is 3. The fourth-order valence-electron chi connectivity index (χ4n) is 2.57. The molecule has 6 nitrogen and oxygen atoms in total. The molecule has 2 aromatic rings. The summed E-state index contributed by atoms with van der Waals surface area (Å²) < 4.78 is 5.12. The maximum atomic E-state index is 12.7. The van der Waals surface area contributed by atoms with Gasteiger partial charge in [0.1, 0.15) is 5.00 Å². The Labute approximate surface area is 163 Å². The molecule has 0 aliphatic rings. The number of hydrogen-bond donors (Lipinski definition) is 1. The van der Waals surface area contributed by atoms with Crippen LogP contribution in [0.15, 0.2) is 30.3 Å². The van der Waals surface area contributed by atoms with Crippen LogP contribution in [0.3, 0.4) is 0 Å². The molecule has 0 aliphatic heterocycles. The number of benzene rings is 1. The van der Waals surface area contributed by atoms with E-state index >= 15 is 0 Å². The quantitative estimate of drug-likeness (QED) is 0.766. The van der Waals surface area contributed by atoms with E-state index < -0.39 is 11.9 Å². The van der Waals surface area contributed by atoms with Crippen LogP contribution in [0.25, 0.3) is 0 Å². The van der Waals surface area contributed by atoms with Crippen molar-refractivity contribution in [2.24, 2.45) is 0 Å². The number of nitrogens with one attached hydrogen (secondary N) is 1. The van der Waals surface area contributed by atoms with Crippen LogP contribution < -0.4 is 5.32 Å². The van der Waals surface area contributed by atoms with Gasteiger partial charge < -0.3 is 15.0 Å². The van der Waals surface area contributed by atoms with E-state index in [0.717, 1.165) is 16.9 Å². The van der Waals surface area contributed by atoms with Crippen molar-refractivity contribution in [1.29, 1.82) is 0 Å². The first kappa shape index (κ1) is 20.6. The molecule has 1 unspecified atom stereocenters. The Morgan fingerprint density at radius 1 is 1.19 bits per heavy atom. The molecule has 0 saturated carbocycles. The molecule has 1 aromatic heterocycles. The van der Waals surface area contributed by atoms with E-state index in [4.69, 9.17) is 4.74 Å². The molecule has 0 spiro atoms. The van der Waals surface area contributed by atoms with Gasteiger partial charge in [-0.2, -0.15) is 0 Å². The monoisotopic (exact) mass is 388 g/mol. The number of rotatable bonds is 6. The van der Waals surface area contributed by atoms with Crippen molar-refractivity contribution < 1.29 is 19.1 Å². The van der Waals surface area contributed by atoms with Gasteiger partial charge in [-0.1, -0.05) is 30.3 Å². The fourth-order valence-corrected chi connectivity index (χ4v) is 3.79. The summed E-state index contributed by atoms with van der Waals surface area (Å²) in [5.41, 5.74) is 1.62. The van der Waals surface area contributed by atoms with Gasteiger partial charge in [0.2, 0.25) is 5.91 Å². The normalized spacial score (nSPS) is 11.6. The van der Waals surface area contributed by atoms with Gasteiger partial charge in [0, 0.05) is 14.1 Å². The van der Waals surface area contributed by atoms with Crippen molar-refractivity contribution in [3.63, 3.8) is 0 Å². The number of thiophene rings is 1. The summed E-state index contributed by atoms with van der Waals surface area (Å²) in [6, 6.07) is 9.36. The molecule has 0 saturated heterocycles. The molecule has 0 fully saturated rings. The third-order valence-corrected chi connectivity index (χ3v) is 5.35. The third-order valence-electron chi connectivity index (χ3n) is 4.16. The van der Waals surface area contributed by atoms with Crippen molar-refractivity contribution in [2.45, 2.75) is 26.7 Å². The van der Waals surface area contributed by atoms with Crippen LogP contribution in [-0.2, 0) is 9.53 Å². The van der Waals surface area contributed by atoms with E-state index in [9.17, 15) is 14.4 Å². The summed E-state index contributed by atoms with van der Waals surface area (Å²) in [4.78, 5) is 39.4. The predicted molar refractivity (Wildman–Crippen MR) is 107 cm³/mol. The van der Waals surface area contributed by atoms with Crippen LogP contribution in [0.1, 0.15) is 50.9 Å². The highest BCUT2D eigenvalue weighted by molar-refractivity contribution is 7.18. The van der Waals surface area contributed by atoms with Gasteiger partial charge >= 0.3 is 5.97 Å². The van der Waals surface area contributed by atoms with Crippen LogP contribution in [0.4, 0.5) is 5.00 Å². The molecule has 0 radical (unpaired) electrons. The number of esters is 1. The number of carbonyl (C=O) groups excluding carboxylic acids is 3. The van der Waals surface area contributed by atoms with E-state index in [1.54, 1.807) is 34.9 Å². The second-order valence-electron chi connectivity index (χ2n) is 6.30. The van der Waals surface area contributed by atoms with Gasteiger partial charge in [-0.3, -0.25) is 9.59 Å². The summed E-state index contributed by atoms with van der Waals surface area (Å²) in [5.74, 6) is -1.43. The highest BCUT2D eigenvalue weighted by Gasteiger charge is 2.28. The van der Waals surface area contributed by atoms with Crippen molar-refractivity contribution in [3.05, 3.63) is 51.9 Å². The molecule has 0 aliphatic carbocycles. The first-order valence-corrected chi connectivity index (χ1v) is 9.47. The third kappa shape index (κ3) is 4.54. The van der Waals surface area contributed by atoms with Gasteiger partial charge in [-0.05, 0) is 31.9 Å². The maximum Gasteiger partial charge on any atom is 0.341 e. The highest BCUT2D eigenvalue weighted by Crippen LogP contribution is 2.35. The Kier molecular flexibility index (Phi) is 6.74. The highest BCUT2D eigenvalue weighted by atomic mass is 32.1. The molecule has 0 bridgehead atoms. The first-order chi connectivity index (χ1) is 12.8. The van der Waals surface area contributed by atoms with E-state index in [1.165, 1.54) is 4.90 Å². The second kappa shape index (κ2) is 8.81. The Bertz CT molecular complexity index is 843. The van der Waals surface area contributed by atoms with Crippen LogP contribution in [0, 0.1) is 6.92 Å². The minimum absolute atomic E-state index is 0.207. The average Bonchev–Trinajstić information content (AvgIpc) is 2.97. The number of hydrogen-bond acceptors (Lipinski definition) is 5. The molecule has 1 atom stereocenters. The van der Waals surface area contributed by atoms with Crippen molar-refractivity contribution >= 4 is 34.1 Å². The summed E-state index contributed by atoms with van der Waals surface area (Å²) in [6.07, 6.45) is 0. The predicted octanol–water partition coefficient (Wildman–Crippen LogP) is 3.68. The molecule has 1 N–H and O–H groups in total. The van der Waals surface area contributed by atoms with Gasteiger partial charge in [-0.25, -0.2) is 4.79 Å². The number of anilines is 1. The number of amides is 2. The second-order valence-corrected chi connectivity index (χ2v) is 7.32. The van der Waals surface area contributed by atoms with Gasteiger partial charge in [0.05, 0.1) is 23.0 Å². The first-order valence-electron chi connectivity index (χ1n) is 8.65. The lowest BCUT2D eigenvalue weighted by Crippen LogP contribution is -2.21. The van der Waals surface area contributed by atoms with Crippen LogP contribution in [0.2, 0.25) is 0 Å². The van der Waals surface area contributed by atoms with Gasteiger partial charge in [0.15, 0.2) is 0 Å². The van der Waals surface area contributed by atoms with Crippen LogP contribution in [0.5, 0.6) is 0 Å². The molecule has 144 valence electrons. The average molecular weight is 388 g/mol. The van der Waals surface area contributed by atoms with E-state index in [2.05, 4.69) is 5.32 Å². The lowest BCUT2D eigenvalue weighted by atomic mass is 10.0. The van der Waals surface area contributed by atoms with Crippen LogP contribution >= 0.6 is 11.3 Å². The van der Waals surface area contributed by atoms with E-state index in [-0.39, 0.29) is 24.0 Å². The largest absolute Gasteiger partial charge is 0.462 e. The van der Waals surface area contributed by atoms with Gasteiger partial charge in [-0.15, -0.1) is 11.3 Å². The van der Waals surface area contributed by atoms with Crippen molar-refractivity contribution in [2.75, 3.05) is 26.0 Å². The Morgan fingerprint density at radius 3 is 2.37 bits per heavy atom. The van der Waals surface area contributed by atoms with Gasteiger partial charge in [0.25, 0.3) is 5.91 Å². The number of nitrogens with zero attached hydrogens (tertiary/aromatic N) is 1. The summed E-state index contributed by atoms with van der Waals surface area (Å²) in [7, 11) is 3.28. The summed E-state index contributed by atoms with van der Waals surface area (Å²) in [5, 5.41) is 3.15. The maximum absolute atomic E-state index is 12.7. The zero-order valence-corrected chi connectivity index (χ0v) is 17.0. The SMILES string of the molecule is CCOC(=O)c1c(NC(=O)C(C)c2ccccc2)sc(C(=O)N(C)C)c1C. The molecule has 27 heavy (non-hydrogen) atoms. The Balaban J connectivity index is 2.39. The fraction of sp³-hybridized carbons (Fsp3) is 0.350. The standard InChI is InChI=1S/C20H24N2O4S/c1-6-26-20(25)15-13(3)16(19(24)22(4)5)27-18(15)21-17(23)12(2)14-10-8-7-9-11-14/h7-12H,6H2,1-5H3,(H,21,23). The molecule has 1 aromatic carbocycles. The van der Waals surface area contributed by atoms with Crippen molar-refractivity contribution in [1.82, 2.24) is 4.90 Å². The molecular weight excluding hydrogens is 364 g/mol. The molecular formula is C20H24N2O4S. The minimum Gasteiger partial charge on any atom is -0.462 e. The number of ether oxygens (including phenoxy) is 1. The molecule has 2 rings (SSSR count). The van der Waals surface area contributed by atoms with E-state index in [1.807, 2.05) is 30.3 Å². The minimum atomic E-state index is -0.549. The molecule has 7 heteroatoms. The lowest BCUT2D eigenvalue weighted by Gasteiger charge is -2.12. The summed E-state index contributed by atoms with van der Waals surface area (Å²) >= 11 is 1.09. The smallest absolute Gasteiger partial charge is 0.341 e. The lowest BCUT2D eigenvalue weighted by molar-refractivity contribution is -0.117. The Morgan fingerprint density at radius 2 is 1.81 bits per heavy atom. The zero-order chi connectivity index (χ0) is 20.1. The summed E-state index contributed by atoms with van der Waals surface area (Å²) in [6.45, 7) is 5.40. The molecule has 1 heterocycles. The zero-order valence-electron chi connectivity index (χ0n) is 16.2. The van der Waals surface area contributed by atoms with Crippen LogP contribution in [-0.4, -0.2) is 43.4 Å².